The fourth-order valence-electron chi connectivity index (χ4n) is 2.71. The van der Waals surface area contributed by atoms with Crippen molar-refractivity contribution in [3.05, 3.63) is 42.4 Å². The summed E-state index contributed by atoms with van der Waals surface area (Å²) in [7, 11) is 2.16. The van der Waals surface area contributed by atoms with Gasteiger partial charge in [0.2, 0.25) is 5.89 Å². The molecule has 0 atom stereocenters. The number of nitrogens with zero attached hydrogens (tertiary/aromatic N) is 2. The highest BCUT2D eigenvalue weighted by molar-refractivity contribution is 5.85. The van der Waals surface area contributed by atoms with E-state index in [-0.39, 0.29) is 24.8 Å². The van der Waals surface area contributed by atoms with Crippen molar-refractivity contribution < 1.29 is 4.42 Å². The monoisotopic (exact) mass is 343 g/mol. The second-order valence-electron chi connectivity index (χ2n) is 5.38. The lowest BCUT2D eigenvalue weighted by Gasteiger charge is -2.30. The van der Waals surface area contributed by atoms with Crippen LogP contribution >= 0.6 is 24.8 Å². The standard InChI is InChI=1S/C16H21N3O.2ClH/c1-19(14-7-9-17-10-8-14)12-16-18-11-15(20-16)13-5-3-2-4-6-13;;/h2-6,11,14,17H,7-10,12H2,1H3;2*1H. The lowest BCUT2D eigenvalue weighted by atomic mass is 10.1. The Bertz CT molecular complexity index is 541. The third kappa shape index (κ3) is 4.71. The van der Waals surface area contributed by atoms with Gasteiger partial charge < -0.3 is 9.73 Å². The van der Waals surface area contributed by atoms with Crippen LogP contribution in [0.5, 0.6) is 0 Å². The Morgan fingerprint density at radius 3 is 2.55 bits per heavy atom. The van der Waals surface area contributed by atoms with Crippen molar-refractivity contribution in [1.82, 2.24) is 15.2 Å². The van der Waals surface area contributed by atoms with Gasteiger partial charge in [0.1, 0.15) is 0 Å². The first-order valence-corrected chi connectivity index (χ1v) is 7.24. The summed E-state index contributed by atoms with van der Waals surface area (Å²) >= 11 is 0. The Kier molecular flexibility index (Phi) is 7.90. The van der Waals surface area contributed by atoms with Gasteiger partial charge in [0.15, 0.2) is 5.76 Å². The van der Waals surface area contributed by atoms with Crippen LogP contribution in [0.15, 0.2) is 40.9 Å². The molecule has 22 heavy (non-hydrogen) atoms. The van der Waals surface area contributed by atoms with Crippen LogP contribution in [0.2, 0.25) is 0 Å². The van der Waals surface area contributed by atoms with Gasteiger partial charge in [-0.2, -0.15) is 0 Å². The summed E-state index contributed by atoms with van der Waals surface area (Å²) in [6, 6.07) is 10.7. The second-order valence-corrected chi connectivity index (χ2v) is 5.38. The Morgan fingerprint density at radius 2 is 1.86 bits per heavy atom. The lowest BCUT2D eigenvalue weighted by Crippen LogP contribution is -2.40. The van der Waals surface area contributed by atoms with E-state index < -0.39 is 0 Å². The van der Waals surface area contributed by atoms with Crippen molar-refractivity contribution in [2.45, 2.75) is 25.4 Å². The smallest absolute Gasteiger partial charge is 0.209 e. The average Bonchev–Trinajstić information content (AvgIpc) is 2.97. The molecule has 3 rings (SSSR count). The molecule has 0 spiro atoms. The number of piperidine rings is 1. The van der Waals surface area contributed by atoms with E-state index in [1.54, 1.807) is 0 Å². The van der Waals surface area contributed by atoms with Gasteiger partial charge in [-0.15, -0.1) is 24.8 Å². The van der Waals surface area contributed by atoms with Crippen molar-refractivity contribution in [3.8, 4) is 11.3 Å². The largest absolute Gasteiger partial charge is 0.439 e. The van der Waals surface area contributed by atoms with Crippen molar-refractivity contribution in [1.29, 1.82) is 0 Å². The van der Waals surface area contributed by atoms with Crippen LogP contribution in [0.25, 0.3) is 11.3 Å². The molecule has 1 aliphatic heterocycles. The molecule has 1 fully saturated rings. The molecule has 1 N–H and O–H groups in total. The first-order valence-electron chi connectivity index (χ1n) is 7.24. The quantitative estimate of drug-likeness (QED) is 0.923. The topological polar surface area (TPSA) is 41.3 Å². The molecule has 122 valence electrons. The number of halogens is 2. The molecule has 1 saturated heterocycles. The third-order valence-electron chi connectivity index (χ3n) is 3.93. The van der Waals surface area contributed by atoms with Gasteiger partial charge in [-0.25, -0.2) is 4.98 Å². The van der Waals surface area contributed by atoms with Crippen molar-refractivity contribution in [2.24, 2.45) is 0 Å². The summed E-state index contributed by atoms with van der Waals surface area (Å²) in [5, 5.41) is 3.39. The summed E-state index contributed by atoms with van der Waals surface area (Å²) in [5.41, 5.74) is 1.08. The van der Waals surface area contributed by atoms with E-state index in [1.165, 1.54) is 12.8 Å². The molecule has 4 nitrogen and oxygen atoms in total. The van der Waals surface area contributed by atoms with E-state index in [9.17, 15) is 0 Å². The average molecular weight is 344 g/mol. The molecule has 0 amide bonds. The predicted octanol–water partition coefficient (Wildman–Crippen LogP) is 3.37. The van der Waals surface area contributed by atoms with Crippen LogP contribution < -0.4 is 5.32 Å². The van der Waals surface area contributed by atoms with Crippen LogP contribution in [0, 0.1) is 0 Å². The first kappa shape index (κ1) is 19.0. The number of oxazole rings is 1. The molecule has 0 bridgehead atoms. The third-order valence-corrected chi connectivity index (χ3v) is 3.93. The van der Waals surface area contributed by atoms with Crippen molar-refractivity contribution >= 4 is 24.8 Å². The van der Waals surface area contributed by atoms with E-state index in [4.69, 9.17) is 4.42 Å². The highest BCUT2D eigenvalue weighted by Crippen LogP contribution is 2.21. The molecule has 2 heterocycles. The van der Waals surface area contributed by atoms with Crippen LogP contribution in [0.4, 0.5) is 0 Å². The number of aromatic nitrogens is 1. The van der Waals surface area contributed by atoms with E-state index in [0.29, 0.717) is 6.04 Å². The molecule has 6 heteroatoms. The molecule has 2 aromatic rings. The molecular weight excluding hydrogens is 321 g/mol. The Hall–Kier alpha value is -1.07. The summed E-state index contributed by atoms with van der Waals surface area (Å²) in [6.07, 6.45) is 4.21. The molecule has 1 aliphatic rings. The number of rotatable bonds is 4. The minimum absolute atomic E-state index is 0. The molecule has 0 saturated carbocycles. The SMILES string of the molecule is CN(Cc1ncc(-c2ccccc2)o1)C1CCNCC1.Cl.Cl. The number of hydrogen-bond acceptors (Lipinski definition) is 4. The van der Waals surface area contributed by atoms with Crippen LogP contribution in [0.1, 0.15) is 18.7 Å². The molecule has 1 aromatic heterocycles. The number of nitrogens with one attached hydrogen (secondary N) is 1. The zero-order valence-corrected chi connectivity index (χ0v) is 14.3. The van der Waals surface area contributed by atoms with Crippen molar-refractivity contribution in [3.63, 3.8) is 0 Å². The van der Waals surface area contributed by atoms with Gasteiger partial charge in [-0.05, 0) is 33.0 Å². The van der Waals surface area contributed by atoms with Gasteiger partial charge in [-0.3, -0.25) is 4.90 Å². The van der Waals surface area contributed by atoms with Gasteiger partial charge in [-0.1, -0.05) is 30.3 Å². The van der Waals surface area contributed by atoms with Crippen LogP contribution in [-0.4, -0.2) is 36.1 Å². The molecule has 0 unspecified atom stereocenters. The van der Waals surface area contributed by atoms with Gasteiger partial charge >= 0.3 is 0 Å². The van der Waals surface area contributed by atoms with E-state index in [0.717, 1.165) is 36.8 Å². The first-order chi connectivity index (χ1) is 9.83. The van der Waals surface area contributed by atoms with E-state index in [2.05, 4.69) is 22.2 Å². The zero-order chi connectivity index (χ0) is 13.8. The molecular formula is C16H23Cl2N3O. The minimum Gasteiger partial charge on any atom is -0.439 e. The fourth-order valence-corrected chi connectivity index (χ4v) is 2.71. The Balaban J connectivity index is 0.00000121. The molecule has 1 aromatic carbocycles. The highest BCUT2D eigenvalue weighted by atomic mass is 35.5. The highest BCUT2D eigenvalue weighted by Gasteiger charge is 2.19. The van der Waals surface area contributed by atoms with Gasteiger partial charge in [0.05, 0.1) is 12.7 Å². The lowest BCUT2D eigenvalue weighted by molar-refractivity contribution is 0.177. The number of benzene rings is 1. The summed E-state index contributed by atoms with van der Waals surface area (Å²) in [4.78, 5) is 6.75. The summed E-state index contributed by atoms with van der Waals surface area (Å²) in [5.74, 6) is 1.64. The minimum atomic E-state index is 0. The van der Waals surface area contributed by atoms with Gasteiger partial charge in [0.25, 0.3) is 0 Å². The van der Waals surface area contributed by atoms with E-state index in [1.807, 2.05) is 36.5 Å². The van der Waals surface area contributed by atoms with Crippen LogP contribution in [0.3, 0.4) is 0 Å². The second kappa shape index (κ2) is 9.16. The normalized spacial score (nSPS) is 15.2. The maximum Gasteiger partial charge on any atom is 0.209 e. The summed E-state index contributed by atoms with van der Waals surface area (Å²) < 4.78 is 5.86. The van der Waals surface area contributed by atoms with E-state index >= 15 is 0 Å². The molecule has 0 aliphatic carbocycles. The zero-order valence-electron chi connectivity index (χ0n) is 12.7. The maximum absolute atomic E-state index is 5.86. The van der Waals surface area contributed by atoms with Gasteiger partial charge in [0, 0.05) is 11.6 Å². The van der Waals surface area contributed by atoms with Crippen LogP contribution in [-0.2, 0) is 6.54 Å². The van der Waals surface area contributed by atoms with Crippen molar-refractivity contribution in [2.75, 3.05) is 20.1 Å². The summed E-state index contributed by atoms with van der Waals surface area (Å²) in [6.45, 7) is 2.99. The fraction of sp³-hybridized carbons (Fsp3) is 0.438. The number of hydrogen-bond donors (Lipinski definition) is 1. The Morgan fingerprint density at radius 1 is 1.18 bits per heavy atom. The predicted molar refractivity (Wildman–Crippen MR) is 93.8 cm³/mol. The molecule has 0 radical (unpaired) electrons. The Labute approximate surface area is 144 Å². The maximum atomic E-state index is 5.86.